The van der Waals surface area contributed by atoms with E-state index in [0.717, 1.165) is 11.3 Å². The van der Waals surface area contributed by atoms with Crippen LogP contribution in [-0.4, -0.2) is 4.98 Å². The number of nitrogens with zero attached hydrogens (tertiary/aromatic N) is 1. The number of benzene rings is 1. The van der Waals surface area contributed by atoms with Crippen LogP contribution in [0.15, 0.2) is 42.5 Å². The van der Waals surface area contributed by atoms with Gasteiger partial charge in [-0.05, 0) is 29.8 Å². The Hall–Kier alpha value is -1.41. The average Bonchev–Trinajstić information content (AvgIpc) is 2.29. The molecule has 0 aliphatic carbocycles. The number of aromatic nitrogens is 1. The average molecular weight is 236 g/mol. The number of hydrogen-bond acceptors (Lipinski definition) is 1. The molecule has 3 heteroatoms. The summed E-state index contributed by atoms with van der Waals surface area (Å²) in [5.74, 6) is -0.383. The van der Waals surface area contributed by atoms with Crippen LogP contribution in [0.1, 0.15) is 24.1 Å². The Kier molecular flexibility index (Phi) is 3.20. The molecule has 0 bridgehead atoms. The van der Waals surface area contributed by atoms with Gasteiger partial charge in [0, 0.05) is 10.9 Å². The molecular weight excluding hydrogens is 225 g/mol. The summed E-state index contributed by atoms with van der Waals surface area (Å²) in [5, 5.41) is 0.697. The van der Waals surface area contributed by atoms with Gasteiger partial charge in [0.2, 0.25) is 5.95 Å². The van der Waals surface area contributed by atoms with Crippen LogP contribution in [0.3, 0.4) is 0 Å². The zero-order valence-electron chi connectivity index (χ0n) is 8.82. The molecule has 2 aromatic rings. The van der Waals surface area contributed by atoms with Gasteiger partial charge in [-0.15, -0.1) is 0 Å². The van der Waals surface area contributed by atoms with Crippen LogP contribution >= 0.6 is 11.6 Å². The zero-order chi connectivity index (χ0) is 11.5. The first kappa shape index (κ1) is 11.1. The van der Waals surface area contributed by atoms with Crippen molar-refractivity contribution < 1.29 is 4.39 Å². The first-order valence-electron chi connectivity index (χ1n) is 5.05. The predicted molar refractivity (Wildman–Crippen MR) is 63.2 cm³/mol. The molecule has 1 unspecified atom stereocenters. The molecule has 1 nitrogen and oxygen atoms in total. The standard InChI is InChI=1S/C13H11ClFN/c1-9(10-5-7-11(14)8-6-10)12-3-2-4-13(15)16-12/h2-9H,1H3. The van der Waals surface area contributed by atoms with Crippen molar-refractivity contribution in [1.29, 1.82) is 0 Å². The van der Waals surface area contributed by atoms with E-state index in [1.54, 1.807) is 6.07 Å². The minimum absolute atomic E-state index is 0.0629. The van der Waals surface area contributed by atoms with E-state index in [0.29, 0.717) is 5.02 Å². The monoisotopic (exact) mass is 235 g/mol. The molecule has 2 rings (SSSR count). The second-order valence-electron chi connectivity index (χ2n) is 3.66. The summed E-state index contributed by atoms with van der Waals surface area (Å²) in [6.07, 6.45) is 0. The van der Waals surface area contributed by atoms with E-state index in [1.165, 1.54) is 6.07 Å². The van der Waals surface area contributed by atoms with E-state index in [-0.39, 0.29) is 5.92 Å². The summed E-state index contributed by atoms with van der Waals surface area (Å²) in [6.45, 7) is 1.99. The summed E-state index contributed by atoms with van der Waals surface area (Å²) >= 11 is 5.81. The van der Waals surface area contributed by atoms with Gasteiger partial charge in [-0.1, -0.05) is 36.7 Å². The molecule has 0 radical (unpaired) electrons. The number of rotatable bonds is 2. The maximum absolute atomic E-state index is 13.0. The van der Waals surface area contributed by atoms with Crippen LogP contribution in [-0.2, 0) is 0 Å². The molecule has 0 saturated heterocycles. The molecule has 1 heterocycles. The molecule has 16 heavy (non-hydrogen) atoms. The fraction of sp³-hybridized carbons (Fsp3) is 0.154. The summed E-state index contributed by atoms with van der Waals surface area (Å²) in [6, 6.07) is 12.4. The van der Waals surface area contributed by atoms with Crippen molar-refractivity contribution in [3.8, 4) is 0 Å². The van der Waals surface area contributed by atoms with Gasteiger partial charge >= 0.3 is 0 Å². The Morgan fingerprint density at radius 1 is 1.12 bits per heavy atom. The van der Waals surface area contributed by atoms with E-state index in [1.807, 2.05) is 37.3 Å². The van der Waals surface area contributed by atoms with Gasteiger partial charge in [-0.25, -0.2) is 4.98 Å². The highest BCUT2D eigenvalue weighted by Gasteiger charge is 2.10. The third-order valence-electron chi connectivity index (χ3n) is 2.55. The minimum atomic E-state index is -0.446. The number of hydrogen-bond donors (Lipinski definition) is 0. The molecule has 82 valence electrons. The second-order valence-corrected chi connectivity index (χ2v) is 4.09. The van der Waals surface area contributed by atoms with Gasteiger partial charge in [0.15, 0.2) is 0 Å². The van der Waals surface area contributed by atoms with Gasteiger partial charge in [0.05, 0.1) is 5.69 Å². The number of halogens is 2. The third kappa shape index (κ3) is 2.39. The molecule has 1 atom stereocenters. The van der Waals surface area contributed by atoms with Gasteiger partial charge in [0.25, 0.3) is 0 Å². The SMILES string of the molecule is CC(c1ccc(Cl)cc1)c1cccc(F)n1. The molecule has 1 aromatic carbocycles. The Balaban J connectivity index is 2.31. The summed E-state index contributed by atoms with van der Waals surface area (Å²) < 4.78 is 13.0. The zero-order valence-corrected chi connectivity index (χ0v) is 9.58. The minimum Gasteiger partial charge on any atom is -0.224 e. The van der Waals surface area contributed by atoms with E-state index in [4.69, 9.17) is 11.6 Å². The topological polar surface area (TPSA) is 12.9 Å². The van der Waals surface area contributed by atoms with Crippen LogP contribution < -0.4 is 0 Å². The van der Waals surface area contributed by atoms with E-state index in [2.05, 4.69) is 4.98 Å². The first-order chi connectivity index (χ1) is 7.66. The van der Waals surface area contributed by atoms with Crippen molar-refractivity contribution in [3.05, 3.63) is 64.7 Å². The van der Waals surface area contributed by atoms with E-state index >= 15 is 0 Å². The van der Waals surface area contributed by atoms with Crippen molar-refractivity contribution in [3.63, 3.8) is 0 Å². The molecule has 0 fully saturated rings. The van der Waals surface area contributed by atoms with Gasteiger partial charge in [-0.3, -0.25) is 0 Å². The normalized spacial score (nSPS) is 12.4. The number of pyridine rings is 1. The molecule has 0 amide bonds. The summed E-state index contributed by atoms with van der Waals surface area (Å²) in [7, 11) is 0. The van der Waals surface area contributed by atoms with Crippen molar-refractivity contribution in [2.24, 2.45) is 0 Å². The van der Waals surface area contributed by atoms with Crippen molar-refractivity contribution in [1.82, 2.24) is 4.98 Å². The van der Waals surface area contributed by atoms with Crippen LogP contribution in [0.4, 0.5) is 4.39 Å². The molecule has 1 aromatic heterocycles. The highest BCUT2D eigenvalue weighted by Crippen LogP contribution is 2.23. The molecule has 0 N–H and O–H groups in total. The van der Waals surface area contributed by atoms with Crippen LogP contribution in [0.25, 0.3) is 0 Å². The third-order valence-corrected chi connectivity index (χ3v) is 2.80. The lowest BCUT2D eigenvalue weighted by molar-refractivity contribution is 0.574. The highest BCUT2D eigenvalue weighted by molar-refractivity contribution is 6.30. The van der Waals surface area contributed by atoms with Gasteiger partial charge in [-0.2, -0.15) is 4.39 Å². The van der Waals surface area contributed by atoms with Crippen LogP contribution in [0, 0.1) is 5.95 Å². The van der Waals surface area contributed by atoms with Gasteiger partial charge < -0.3 is 0 Å². The Labute approximate surface area is 98.9 Å². The van der Waals surface area contributed by atoms with Gasteiger partial charge in [0.1, 0.15) is 0 Å². The van der Waals surface area contributed by atoms with Crippen molar-refractivity contribution in [2.75, 3.05) is 0 Å². The van der Waals surface area contributed by atoms with Crippen molar-refractivity contribution in [2.45, 2.75) is 12.8 Å². The van der Waals surface area contributed by atoms with E-state index < -0.39 is 5.95 Å². The lowest BCUT2D eigenvalue weighted by Crippen LogP contribution is -2.00. The maximum atomic E-state index is 13.0. The fourth-order valence-electron chi connectivity index (χ4n) is 1.59. The molecular formula is C13H11ClFN. The molecule has 0 saturated carbocycles. The Morgan fingerprint density at radius 3 is 2.44 bits per heavy atom. The Bertz CT molecular complexity index is 482. The maximum Gasteiger partial charge on any atom is 0.213 e. The quantitative estimate of drug-likeness (QED) is 0.717. The smallest absolute Gasteiger partial charge is 0.213 e. The lowest BCUT2D eigenvalue weighted by atomic mass is 9.97. The second kappa shape index (κ2) is 4.62. The summed E-state index contributed by atoms with van der Waals surface area (Å²) in [5.41, 5.74) is 1.80. The van der Waals surface area contributed by atoms with Crippen LogP contribution in [0.2, 0.25) is 5.02 Å². The first-order valence-corrected chi connectivity index (χ1v) is 5.42. The Morgan fingerprint density at radius 2 is 1.81 bits per heavy atom. The molecule has 0 aliphatic heterocycles. The molecule has 0 spiro atoms. The summed E-state index contributed by atoms with van der Waals surface area (Å²) in [4.78, 5) is 3.87. The fourth-order valence-corrected chi connectivity index (χ4v) is 1.71. The predicted octanol–water partition coefficient (Wildman–Crippen LogP) is 4.03. The van der Waals surface area contributed by atoms with E-state index in [9.17, 15) is 4.39 Å². The van der Waals surface area contributed by atoms with Crippen molar-refractivity contribution >= 4 is 11.6 Å². The largest absolute Gasteiger partial charge is 0.224 e. The lowest BCUT2D eigenvalue weighted by Gasteiger charge is -2.11. The molecule has 0 aliphatic rings. The van der Waals surface area contributed by atoms with Crippen LogP contribution in [0.5, 0.6) is 0 Å². The highest BCUT2D eigenvalue weighted by atomic mass is 35.5.